The van der Waals surface area contributed by atoms with Crippen molar-refractivity contribution in [2.24, 2.45) is 11.1 Å². The Balaban J connectivity index is 2.29. The van der Waals surface area contributed by atoms with Crippen LogP contribution in [0.25, 0.3) is 0 Å². The van der Waals surface area contributed by atoms with Crippen molar-refractivity contribution in [2.75, 3.05) is 0 Å². The highest BCUT2D eigenvalue weighted by atomic mass is 19.1. The number of nitro groups is 1. The van der Waals surface area contributed by atoms with E-state index in [2.05, 4.69) is 0 Å². The van der Waals surface area contributed by atoms with Gasteiger partial charge in [0.2, 0.25) is 5.91 Å². The average Bonchev–Trinajstić information content (AvgIpc) is 2.94. The van der Waals surface area contributed by atoms with Gasteiger partial charge < -0.3 is 10.8 Å². The molecule has 138 valence electrons. The SMILES string of the molecule is N#C[C@]1(C(N)=O)C[C@@](O)(c2ccccc2)[C@H]([N+](=O)[O-])[C@H]1c1ccc(F)cc1. The van der Waals surface area contributed by atoms with E-state index >= 15 is 0 Å². The molecule has 0 unspecified atom stereocenters. The zero-order valence-electron chi connectivity index (χ0n) is 14.1. The van der Waals surface area contributed by atoms with Crippen LogP contribution in [0.15, 0.2) is 54.6 Å². The number of amides is 1. The molecule has 1 aliphatic rings. The first-order valence-electron chi connectivity index (χ1n) is 8.14. The minimum Gasteiger partial charge on any atom is -0.378 e. The highest BCUT2D eigenvalue weighted by Gasteiger charge is 2.70. The third-order valence-corrected chi connectivity index (χ3v) is 5.25. The van der Waals surface area contributed by atoms with Crippen LogP contribution in [0, 0.1) is 32.7 Å². The quantitative estimate of drug-likeness (QED) is 0.627. The van der Waals surface area contributed by atoms with E-state index in [1.165, 1.54) is 24.3 Å². The van der Waals surface area contributed by atoms with Crippen LogP contribution in [0.5, 0.6) is 0 Å². The largest absolute Gasteiger partial charge is 0.378 e. The number of aliphatic hydroxyl groups is 1. The molecule has 0 radical (unpaired) electrons. The standard InChI is InChI=1S/C19H16FN3O4/c20-14-8-6-12(7-9-14)15-16(23(26)27)19(25,13-4-2-1-3-5-13)10-18(15,11-21)17(22)24/h1-9,15-16,25H,10H2,(H2,22,24)/t15-,16-,18-,19-/m1/s1. The number of rotatable bonds is 4. The number of hydrogen-bond donors (Lipinski definition) is 2. The highest BCUT2D eigenvalue weighted by molar-refractivity contribution is 5.86. The highest BCUT2D eigenvalue weighted by Crippen LogP contribution is 2.58. The van der Waals surface area contributed by atoms with Gasteiger partial charge in [-0.25, -0.2) is 4.39 Å². The van der Waals surface area contributed by atoms with E-state index in [1.807, 2.05) is 6.07 Å². The summed E-state index contributed by atoms with van der Waals surface area (Å²) in [4.78, 5) is 23.6. The van der Waals surface area contributed by atoms with E-state index in [9.17, 15) is 29.7 Å². The fourth-order valence-electron chi connectivity index (χ4n) is 4.02. The summed E-state index contributed by atoms with van der Waals surface area (Å²) >= 11 is 0. The molecule has 0 aliphatic heterocycles. The number of hydrogen-bond acceptors (Lipinski definition) is 5. The Morgan fingerprint density at radius 1 is 1.26 bits per heavy atom. The van der Waals surface area contributed by atoms with E-state index in [-0.39, 0.29) is 11.1 Å². The predicted molar refractivity (Wildman–Crippen MR) is 92.1 cm³/mol. The zero-order chi connectivity index (χ0) is 19.8. The second-order valence-electron chi connectivity index (χ2n) is 6.67. The molecule has 0 saturated heterocycles. The lowest BCUT2D eigenvalue weighted by Gasteiger charge is -2.27. The van der Waals surface area contributed by atoms with Crippen molar-refractivity contribution in [3.8, 4) is 6.07 Å². The Kier molecular flexibility index (Phi) is 4.41. The van der Waals surface area contributed by atoms with Crippen molar-refractivity contribution < 1.29 is 19.2 Å². The molecule has 3 N–H and O–H groups in total. The van der Waals surface area contributed by atoms with Gasteiger partial charge in [-0.15, -0.1) is 0 Å². The number of carbonyl (C=O) groups excluding carboxylic acids is 1. The summed E-state index contributed by atoms with van der Waals surface area (Å²) in [6.07, 6.45) is -0.538. The van der Waals surface area contributed by atoms with Crippen LogP contribution >= 0.6 is 0 Å². The van der Waals surface area contributed by atoms with Crippen molar-refractivity contribution in [3.05, 3.63) is 81.7 Å². The number of carbonyl (C=O) groups is 1. The van der Waals surface area contributed by atoms with Crippen molar-refractivity contribution in [2.45, 2.75) is 24.0 Å². The van der Waals surface area contributed by atoms with Gasteiger partial charge in [0.15, 0.2) is 11.0 Å². The summed E-state index contributed by atoms with van der Waals surface area (Å²) < 4.78 is 13.3. The molecule has 8 heteroatoms. The van der Waals surface area contributed by atoms with E-state index in [0.29, 0.717) is 0 Å². The van der Waals surface area contributed by atoms with Crippen molar-refractivity contribution in [1.82, 2.24) is 0 Å². The van der Waals surface area contributed by atoms with Crippen LogP contribution in [-0.2, 0) is 10.4 Å². The Bertz CT molecular complexity index is 928. The molecular weight excluding hydrogens is 353 g/mol. The molecule has 4 atom stereocenters. The smallest absolute Gasteiger partial charge is 0.254 e. The molecule has 0 spiro atoms. The first-order valence-corrected chi connectivity index (χ1v) is 8.14. The van der Waals surface area contributed by atoms with Gasteiger partial charge in [-0.3, -0.25) is 14.9 Å². The summed E-state index contributed by atoms with van der Waals surface area (Å²) in [5, 5.41) is 33.1. The predicted octanol–water partition coefficient (Wildman–Crippen LogP) is 1.84. The minimum absolute atomic E-state index is 0.185. The third kappa shape index (κ3) is 2.73. The van der Waals surface area contributed by atoms with Crippen LogP contribution in [0.3, 0.4) is 0 Å². The second kappa shape index (κ2) is 6.45. The number of nitrogens with two attached hydrogens (primary N) is 1. The molecule has 0 bridgehead atoms. The molecule has 0 heterocycles. The molecule has 7 nitrogen and oxygen atoms in total. The fourth-order valence-corrected chi connectivity index (χ4v) is 4.02. The van der Waals surface area contributed by atoms with Crippen LogP contribution in [0.2, 0.25) is 0 Å². The maximum absolute atomic E-state index is 13.3. The first-order chi connectivity index (χ1) is 12.8. The topological polar surface area (TPSA) is 130 Å². The molecule has 3 rings (SSSR count). The fraction of sp³-hybridized carbons (Fsp3) is 0.263. The first kappa shape index (κ1) is 18.5. The lowest BCUT2D eigenvalue weighted by Crippen LogP contribution is -2.43. The van der Waals surface area contributed by atoms with Crippen molar-refractivity contribution in [3.63, 3.8) is 0 Å². The number of halogens is 1. The summed E-state index contributed by atoms with van der Waals surface area (Å²) in [5.74, 6) is -2.99. The van der Waals surface area contributed by atoms with E-state index in [1.54, 1.807) is 18.2 Å². The molecule has 1 aliphatic carbocycles. The Hall–Kier alpha value is -3.31. The van der Waals surface area contributed by atoms with Crippen LogP contribution in [0.1, 0.15) is 23.5 Å². The van der Waals surface area contributed by atoms with Crippen molar-refractivity contribution in [1.29, 1.82) is 5.26 Å². The minimum atomic E-state index is -2.10. The summed E-state index contributed by atoms with van der Waals surface area (Å²) in [6.45, 7) is 0. The van der Waals surface area contributed by atoms with Crippen LogP contribution < -0.4 is 5.73 Å². The number of benzene rings is 2. The summed E-state index contributed by atoms with van der Waals surface area (Å²) in [5.41, 5.74) is 1.75. The maximum atomic E-state index is 13.3. The van der Waals surface area contributed by atoms with E-state index < -0.39 is 46.0 Å². The van der Waals surface area contributed by atoms with E-state index in [0.717, 1.165) is 12.1 Å². The number of primary amides is 1. The zero-order valence-corrected chi connectivity index (χ0v) is 14.1. The number of nitrogens with zero attached hydrogens (tertiary/aromatic N) is 2. The van der Waals surface area contributed by atoms with Gasteiger partial charge in [0.25, 0.3) is 6.04 Å². The van der Waals surface area contributed by atoms with Crippen molar-refractivity contribution >= 4 is 5.91 Å². The Morgan fingerprint density at radius 3 is 2.33 bits per heavy atom. The Morgan fingerprint density at radius 2 is 1.85 bits per heavy atom. The lowest BCUT2D eigenvalue weighted by molar-refractivity contribution is -0.547. The average molecular weight is 369 g/mol. The van der Waals surface area contributed by atoms with Gasteiger partial charge in [0.1, 0.15) is 5.82 Å². The third-order valence-electron chi connectivity index (χ3n) is 5.25. The molecular formula is C19H16FN3O4. The molecule has 1 saturated carbocycles. The summed E-state index contributed by atoms with van der Waals surface area (Å²) in [7, 11) is 0. The normalized spacial score (nSPS) is 29.8. The van der Waals surface area contributed by atoms with Gasteiger partial charge in [0.05, 0.1) is 12.0 Å². The van der Waals surface area contributed by atoms with Crippen LogP contribution in [0.4, 0.5) is 4.39 Å². The van der Waals surface area contributed by atoms with E-state index in [4.69, 9.17) is 5.73 Å². The van der Waals surface area contributed by atoms with Gasteiger partial charge in [0, 0.05) is 11.3 Å². The monoisotopic (exact) mass is 369 g/mol. The van der Waals surface area contributed by atoms with Gasteiger partial charge in [-0.2, -0.15) is 5.26 Å². The second-order valence-corrected chi connectivity index (χ2v) is 6.67. The molecule has 27 heavy (non-hydrogen) atoms. The molecule has 2 aromatic carbocycles. The van der Waals surface area contributed by atoms with Gasteiger partial charge >= 0.3 is 0 Å². The van der Waals surface area contributed by atoms with Crippen LogP contribution in [-0.4, -0.2) is 22.0 Å². The lowest BCUT2D eigenvalue weighted by atomic mass is 9.74. The summed E-state index contributed by atoms with van der Waals surface area (Å²) in [6, 6.07) is 12.6. The Labute approximate surface area is 154 Å². The van der Waals surface area contributed by atoms with Gasteiger partial charge in [-0.05, 0) is 23.3 Å². The molecule has 2 aromatic rings. The number of nitriles is 1. The van der Waals surface area contributed by atoms with Gasteiger partial charge in [-0.1, -0.05) is 42.5 Å². The maximum Gasteiger partial charge on any atom is 0.254 e. The molecule has 1 fully saturated rings. The molecule has 1 amide bonds. The molecule has 0 aromatic heterocycles.